The Labute approximate surface area is 121 Å². The Morgan fingerprint density at radius 2 is 1.95 bits per heavy atom. The quantitative estimate of drug-likeness (QED) is 0.741. The highest BCUT2D eigenvalue weighted by molar-refractivity contribution is 9.10. The number of carbonyl (C=O) groups is 1. The van der Waals surface area contributed by atoms with Gasteiger partial charge in [0.15, 0.2) is 5.78 Å². The molecule has 0 aliphatic heterocycles. The summed E-state index contributed by atoms with van der Waals surface area (Å²) in [5, 5.41) is 0. The molecule has 0 bridgehead atoms. The lowest BCUT2D eigenvalue weighted by molar-refractivity contribution is 0.101. The molecule has 0 saturated carbocycles. The first-order valence-electron chi connectivity index (χ1n) is 6.18. The van der Waals surface area contributed by atoms with E-state index in [2.05, 4.69) is 22.9 Å². The highest BCUT2D eigenvalue weighted by Crippen LogP contribution is 2.29. The predicted molar refractivity (Wildman–Crippen MR) is 80.0 cm³/mol. The Balaban J connectivity index is 2.29. The van der Waals surface area contributed by atoms with Crippen molar-refractivity contribution in [3.05, 3.63) is 58.1 Å². The fourth-order valence-electron chi connectivity index (χ4n) is 1.87. The zero-order valence-corrected chi connectivity index (χ0v) is 12.5. The molecule has 0 aliphatic rings. The van der Waals surface area contributed by atoms with Crippen molar-refractivity contribution in [1.29, 1.82) is 0 Å². The van der Waals surface area contributed by atoms with Crippen LogP contribution in [0.15, 0.2) is 46.9 Å². The summed E-state index contributed by atoms with van der Waals surface area (Å²) in [5.41, 5.74) is 1.82. The summed E-state index contributed by atoms with van der Waals surface area (Å²) in [7, 11) is 0. The lowest BCUT2D eigenvalue weighted by atomic mass is 10.1. The smallest absolute Gasteiger partial charge is 0.160 e. The van der Waals surface area contributed by atoms with Crippen LogP contribution in [0.4, 0.5) is 0 Å². The first kappa shape index (κ1) is 13.8. The molecule has 0 aliphatic carbocycles. The highest BCUT2D eigenvalue weighted by atomic mass is 79.9. The summed E-state index contributed by atoms with van der Waals surface area (Å²) in [5.74, 6) is 1.61. The molecule has 0 atom stereocenters. The Morgan fingerprint density at radius 3 is 2.58 bits per heavy atom. The van der Waals surface area contributed by atoms with Crippen LogP contribution < -0.4 is 4.74 Å². The van der Waals surface area contributed by atoms with Gasteiger partial charge in [-0.2, -0.15) is 0 Å². The van der Waals surface area contributed by atoms with Gasteiger partial charge in [0.05, 0.1) is 0 Å². The topological polar surface area (TPSA) is 26.3 Å². The minimum atomic E-state index is 0.0346. The predicted octanol–water partition coefficient (Wildman–Crippen LogP) is 5.01. The summed E-state index contributed by atoms with van der Waals surface area (Å²) in [6, 6.07) is 13.4. The lowest BCUT2D eigenvalue weighted by Crippen LogP contribution is -1.95. The van der Waals surface area contributed by atoms with Crippen LogP contribution in [0.3, 0.4) is 0 Å². The maximum Gasteiger partial charge on any atom is 0.160 e. The molecule has 2 nitrogen and oxygen atoms in total. The van der Waals surface area contributed by atoms with Crippen molar-refractivity contribution in [3.63, 3.8) is 0 Å². The van der Waals surface area contributed by atoms with E-state index in [-0.39, 0.29) is 5.78 Å². The van der Waals surface area contributed by atoms with E-state index in [4.69, 9.17) is 4.74 Å². The molecule has 0 heterocycles. The Hall–Kier alpha value is -1.61. The van der Waals surface area contributed by atoms with E-state index in [0.717, 1.165) is 28.0 Å². The molecular formula is C16H15BrO2. The second-order valence-electron chi connectivity index (χ2n) is 4.26. The van der Waals surface area contributed by atoms with Gasteiger partial charge in [-0.15, -0.1) is 0 Å². The van der Waals surface area contributed by atoms with Crippen molar-refractivity contribution in [3.8, 4) is 11.5 Å². The monoisotopic (exact) mass is 318 g/mol. The number of ether oxygens (including phenoxy) is 1. The number of benzene rings is 2. The number of ketones is 1. The van der Waals surface area contributed by atoms with Crippen molar-refractivity contribution in [2.24, 2.45) is 0 Å². The molecule has 2 aromatic carbocycles. The number of rotatable bonds is 4. The Kier molecular flexibility index (Phi) is 4.38. The zero-order chi connectivity index (χ0) is 13.8. The van der Waals surface area contributed by atoms with Crippen LogP contribution in [0.5, 0.6) is 11.5 Å². The largest absolute Gasteiger partial charge is 0.457 e. The number of Topliss-reactive ketones (excluding diaryl/α,β-unsaturated/α-hetero) is 1. The first-order valence-corrected chi connectivity index (χ1v) is 6.97. The van der Waals surface area contributed by atoms with Crippen molar-refractivity contribution < 1.29 is 9.53 Å². The first-order chi connectivity index (χ1) is 9.11. The van der Waals surface area contributed by atoms with Crippen molar-refractivity contribution >= 4 is 21.7 Å². The molecule has 3 heteroatoms. The average Bonchev–Trinajstić information content (AvgIpc) is 2.39. The fourth-order valence-corrected chi connectivity index (χ4v) is 2.50. The van der Waals surface area contributed by atoms with Gasteiger partial charge in [0, 0.05) is 10.0 Å². The Bertz CT molecular complexity index is 605. The molecule has 0 radical (unpaired) electrons. The van der Waals surface area contributed by atoms with Gasteiger partial charge in [0.25, 0.3) is 0 Å². The molecule has 98 valence electrons. The SMILES string of the molecule is CCc1ccccc1Oc1ccc(C(C)=O)c(Br)c1. The number of para-hydroxylation sites is 1. The number of halogens is 1. The third-order valence-corrected chi connectivity index (χ3v) is 3.56. The number of carbonyl (C=O) groups excluding carboxylic acids is 1. The van der Waals surface area contributed by atoms with Crippen molar-refractivity contribution in [1.82, 2.24) is 0 Å². The van der Waals surface area contributed by atoms with Gasteiger partial charge in [-0.05, 0) is 59.1 Å². The van der Waals surface area contributed by atoms with E-state index >= 15 is 0 Å². The summed E-state index contributed by atoms with van der Waals surface area (Å²) >= 11 is 3.40. The molecule has 2 aromatic rings. The Morgan fingerprint density at radius 1 is 1.21 bits per heavy atom. The van der Waals surface area contributed by atoms with E-state index in [9.17, 15) is 4.79 Å². The van der Waals surface area contributed by atoms with E-state index in [1.54, 1.807) is 13.0 Å². The average molecular weight is 319 g/mol. The molecule has 0 fully saturated rings. The van der Waals surface area contributed by atoms with Crippen LogP contribution in [0.25, 0.3) is 0 Å². The van der Waals surface area contributed by atoms with Crippen LogP contribution in [0.1, 0.15) is 29.8 Å². The molecule has 0 aromatic heterocycles. The van der Waals surface area contributed by atoms with E-state index < -0.39 is 0 Å². The van der Waals surface area contributed by atoms with E-state index in [1.807, 2.05) is 36.4 Å². The maximum atomic E-state index is 11.4. The van der Waals surface area contributed by atoms with Gasteiger partial charge in [-0.1, -0.05) is 25.1 Å². The van der Waals surface area contributed by atoms with Crippen LogP contribution in [0.2, 0.25) is 0 Å². The van der Waals surface area contributed by atoms with Crippen molar-refractivity contribution in [2.75, 3.05) is 0 Å². The second-order valence-corrected chi connectivity index (χ2v) is 5.12. The molecule has 0 N–H and O–H groups in total. The molecule has 2 rings (SSSR count). The van der Waals surface area contributed by atoms with Gasteiger partial charge >= 0.3 is 0 Å². The number of hydrogen-bond donors (Lipinski definition) is 0. The van der Waals surface area contributed by atoms with Gasteiger partial charge in [-0.25, -0.2) is 0 Å². The molecule has 0 saturated heterocycles. The van der Waals surface area contributed by atoms with Crippen LogP contribution >= 0.6 is 15.9 Å². The normalized spacial score (nSPS) is 10.3. The minimum absolute atomic E-state index is 0.0346. The summed E-state index contributed by atoms with van der Waals surface area (Å²) in [6.45, 7) is 3.64. The number of aryl methyl sites for hydroxylation is 1. The summed E-state index contributed by atoms with van der Waals surface area (Å²) in [6.07, 6.45) is 0.920. The zero-order valence-electron chi connectivity index (χ0n) is 10.9. The summed E-state index contributed by atoms with van der Waals surface area (Å²) < 4.78 is 6.63. The molecular weight excluding hydrogens is 304 g/mol. The van der Waals surface area contributed by atoms with Gasteiger partial charge in [0.1, 0.15) is 11.5 Å². The van der Waals surface area contributed by atoms with Crippen LogP contribution in [-0.2, 0) is 6.42 Å². The van der Waals surface area contributed by atoms with Gasteiger partial charge < -0.3 is 4.74 Å². The summed E-state index contributed by atoms with van der Waals surface area (Å²) in [4.78, 5) is 11.4. The van der Waals surface area contributed by atoms with E-state index in [1.165, 1.54) is 0 Å². The molecule has 0 spiro atoms. The van der Waals surface area contributed by atoms with Gasteiger partial charge in [-0.3, -0.25) is 4.79 Å². The molecule has 0 amide bonds. The van der Waals surface area contributed by atoms with Crippen LogP contribution in [0, 0.1) is 0 Å². The third-order valence-electron chi connectivity index (χ3n) is 2.90. The van der Waals surface area contributed by atoms with E-state index in [0.29, 0.717) is 5.56 Å². The number of hydrogen-bond acceptors (Lipinski definition) is 2. The second kappa shape index (κ2) is 6.02. The molecule has 0 unspecified atom stereocenters. The van der Waals surface area contributed by atoms with Crippen LogP contribution in [-0.4, -0.2) is 5.78 Å². The van der Waals surface area contributed by atoms with Gasteiger partial charge in [0.2, 0.25) is 0 Å². The standard InChI is InChI=1S/C16H15BrO2/c1-3-12-6-4-5-7-16(12)19-13-8-9-14(11(2)18)15(17)10-13/h4-10H,3H2,1-2H3. The highest BCUT2D eigenvalue weighted by Gasteiger charge is 2.08. The third kappa shape index (κ3) is 3.24. The lowest BCUT2D eigenvalue weighted by Gasteiger charge is -2.11. The maximum absolute atomic E-state index is 11.4. The molecule has 19 heavy (non-hydrogen) atoms. The minimum Gasteiger partial charge on any atom is -0.457 e. The van der Waals surface area contributed by atoms with Crippen molar-refractivity contribution in [2.45, 2.75) is 20.3 Å². The fraction of sp³-hybridized carbons (Fsp3) is 0.188.